The first-order valence-electron chi connectivity index (χ1n) is 12.1. The molecule has 2 amide bonds. The molecule has 2 aromatic rings. The van der Waals surface area contributed by atoms with Crippen LogP contribution in [0, 0.1) is 0 Å². The van der Waals surface area contributed by atoms with Gasteiger partial charge in [-0.25, -0.2) is 4.31 Å². The highest BCUT2D eigenvalue weighted by atomic mass is 32.2. The number of carbonyl (C=O) groups excluding carboxylic acids is 2. The fourth-order valence-corrected chi connectivity index (χ4v) is 4.77. The zero-order chi connectivity index (χ0) is 25.8. The van der Waals surface area contributed by atoms with Crippen LogP contribution in [0.2, 0.25) is 0 Å². The third-order valence-corrected chi connectivity index (χ3v) is 7.58. The van der Waals surface area contributed by atoms with Gasteiger partial charge in [0.1, 0.15) is 12.6 Å². The van der Waals surface area contributed by atoms with Gasteiger partial charge in [0.2, 0.25) is 11.8 Å². The van der Waals surface area contributed by atoms with Crippen LogP contribution >= 0.6 is 0 Å². The third kappa shape index (κ3) is 8.07. The Labute approximate surface area is 210 Å². The number of nitrogens with zero attached hydrogens (tertiary/aromatic N) is 3. The molecule has 0 spiro atoms. The zero-order valence-electron chi connectivity index (χ0n) is 21.2. The Bertz CT molecular complexity index is 1030. The van der Waals surface area contributed by atoms with Gasteiger partial charge in [-0.15, -0.1) is 0 Å². The van der Waals surface area contributed by atoms with Crippen molar-refractivity contribution in [1.29, 1.82) is 0 Å². The highest BCUT2D eigenvalue weighted by molar-refractivity contribution is 7.90. The third-order valence-electron chi connectivity index (χ3n) is 5.76. The fraction of sp³-hybridized carbons (Fsp3) is 0.462. The van der Waals surface area contributed by atoms with Crippen LogP contribution in [0.5, 0.6) is 0 Å². The Morgan fingerprint density at radius 1 is 0.943 bits per heavy atom. The smallest absolute Gasteiger partial charge is 0.304 e. The number of amides is 2. The van der Waals surface area contributed by atoms with Crippen molar-refractivity contribution in [3.63, 3.8) is 0 Å². The van der Waals surface area contributed by atoms with E-state index in [4.69, 9.17) is 0 Å². The summed E-state index contributed by atoms with van der Waals surface area (Å²) in [7, 11) is -1.08. The van der Waals surface area contributed by atoms with Crippen molar-refractivity contribution in [2.45, 2.75) is 45.6 Å². The first kappa shape index (κ1) is 28.3. The molecule has 0 radical (unpaired) electrons. The van der Waals surface area contributed by atoms with E-state index in [2.05, 4.69) is 5.32 Å². The molecular weight excluding hydrogens is 464 g/mol. The number of unbranched alkanes of at least 4 members (excludes halogenated alkanes) is 1. The monoisotopic (exact) mass is 502 g/mol. The minimum Gasteiger partial charge on any atom is -0.354 e. The number of rotatable bonds is 14. The standard InChI is InChI=1S/C26H38N4O4S/c1-5-7-19-27-26(32)24(6-2)29(20-18-22-14-10-8-11-15-22)25(31)21-30(35(33,34)28(3)4)23-16-12-9-13-17-23/h8-17,24H,5-7,18-21H2,1-4H3,(H,27,32). The van der Waals surface area contributed by atoms with Gasteiger partial charge in [0.15, 0.2) is 0 Å². The maximum absolute atomic E-state index is 13.7. The number of nitrogens with one attached hydrogen (secondary N) is 1. The average Bonchev–Trinajstić information content (AvgIpc) is 2.85. The molecule has 1 N–H and O–H groups in total. The topological polar surface area (TPSA) is 90.0 Å². The molecule has 0 aromatic heterocycles. The van der Waals surface area contributed by atoms with E-state index in [0.29, 0.717) is 31.6 Å². The van der Waals surface area contributed by atoms with Crippen LogP contribution in [0.25, 0.3) is 0 Å². The Kier molecular flexibility index (Phi) is 11.2. The van der Waals surface area contributed by atoms with Crippen molar-refractivity contribution in [1.82, 2.24) is 14.5 Å². The molecule has 0 saturated carbocycles. The van der Waals surface area contributed by atoms with Crippen LogP contribution in [0.15, 0.2) is 60.7 Å². The van der Waals surface area contributed by atoms with Crippen LogP contribution in [0.3, 0.4) is 0 Å². The molecule has 192 valence electrons. The zero-order valence-corrected chi connectivity index (χ0v) is 22.0. The van der Waals surface area contributed by atoms with Gasteiger partial charge in [0.05, 0.1) is 5.69 Å². The molecule has 1 atom stereocenters. The van der Waals surface area contributed by atoms with E-state index in [9.17, 15) is 18.0 Å². The predicted molar refractivity (Wildman–Crippen MR) is 140 cm³/mol. The lowest BCUT2D eigenvalue weighted by Gasteiger charge is -2.34. The summed E-state index contributed by atoms with van der Waals surface area (Å²) in [6, 6.07) is 17.6. The van der Waals surface area contributed by atoms with Gasteiger partial charge in [-0.2, -0.15) is 12.7 Å². The highest BCUT2D eigenvalue weighted by Crippen LogP contribution is 2.20. The number of hydrogen-bond acceptors (Lipinski definition) is 4. The van der Waals surface area contributed by atoms with E-state index >= 15 is 0 Å². The molecule has 9 heteroatoms. The summed E-state index contributed by atoms with van der Waals surface area (Å²) in [5, 5.41) is 2.93. The molecule has 0 heterocycles. The SMILES string of the molecule is CCCCNC(=O)C(CC)N(CCc1ccccc1)C(=O)CN(c1ccccc1)S(=O)(=O)N(C)C. The molecule has 0 fully saturated rings. The maximum Gasteiger partial charge on any atom is 0.304 e. The number of para-hydroxylation sites is 1. The molecule has 0 bridgehead atoms. The summed E-state index contributed by atoms with van der Waals surface area (Å²) in [6.07, 6.45) is 2.77. The molecular formula is C26H38N4O4S. The van der Waals surface area contributed by atoms with Crippen LogP contribution < -0.4 is 9.62 Å². The summed E-state index contributed by atoms with van der Waals surface area (Å²) in [5.41, 5.74) is 1.42. The van der Waals surface area contributed by atoms with Crippen molar-refractivity contribution in [2.75, 3.05) is 38.0 Å². The van der Waals surface area contributed by atoms with Crippen LogP contribution in [-0.4, -0.2) is 69.2 Å². The van der Waals surface area contributed by atoms with Crippen LogP contribution in [0.1, 0.15) is 38.7 Å². The minimum absolute atomic E-state index is 0.218. The Morgan fingerprint density at radius 3 is 2.09 bits per heavy atom. The molecule has 8 nitrogen and oxygen atoms in total. The largest absolute Gasteiger partial charge is 0.354 e. The van der Waals surface area contributed by atoms with Crippen molar-refractivity contribution < 1.29 is 18.0 Å². The van der Waals surface area contributed by atoms with Crippen molar-refractivity contribution >= 4 is 27.7 Å². The van der Waals surface area contributed by atoms with E-state index < -0.39 is 28.7 Å². The summed E-state index contributed by atoms with van der Waals surface area (Å²) >= 11 is 0. The highest BCUT2D eigenvalue weighted by Gasteiger charge is 2.33. The van der Waals surface area contributed by atoms with E-state index in [1.54, 1.807) is 30.3 Å². The van der Waals surface area contributed by atoms with E-state index in [-0.39, 0.29) is 5.91 Å². The summed E-state index contributed by atoms with van der Waals surface area (Å²) in [6.45, 7) is 4.34. The van der Waals surface area contributed by atoms with Crippen LogP contribution in [-0.2, 0) is 26.2 Å². The van der Waals surface area contributed by atoms with Gasteiger partial charge in [0, 0.05) is 27.2 Å². The fourth-order valence-electron chi connectivity index (χ4n) is 3.71. The normalized spacial score (nSPS) is 12.3. The van der Waals surface area contributed by atoms with E-state index in [1.165, 1.54) is 19.0 Å². The molecule has 0 aliphatic carbocycles. The van der Waals surface area contributed by atoms with Gasteiger partial charge in [-0.3, -0.25) is 9.59 Å². The molecule has 35 heavy (non-hydrogen) atoms. The van der Waals surface area contributed by atoms with Gasteiger partial charge in [0.25, 0.3) is 0 Å². The molecule has 2 rings (SSSR count). The number of carbonyl (C=O) groups is 2. The molecule has 1 unspecified atom stereocenters. The number of benzene rings is 2. The second-order valence-corrected chi connectivity index (χ2v) is 10.6. The van der Waals surface area contributed by atoms with Crippen molar-refractivity contribution in [2.24, 2.45) is 0 Å². The van der Waals surface area contributed by atoms with Crippen molar-refractivity contribution in [3.05, 3.63) is 66.2 Å². The summed E-state index contributed by atoms with van der Waals surface area (Å²) in [5.74, 6) is -0.642. The quantitative estimate of drug-likeness (QED) is 0.402. The Balaban J connectivity index is 2.36. The van der Waals surface area contributed by atoms with Gasteiger partial charge < -0.3 is 10.2 Å². The molecule has 0 aliphatic rings. The van der Waals surface area contributed by atoms with Gasteiger partial charge >= 0.3 is 10.2 Å². The predicted octanol–water partition coefficient (Wildman–Crippen LogP) is 3.07. The molecule has 0 saturated heterocycles. The molecule has 2 aromatic carbocycles. The number of anilines is 1. The van der Waals surface area contributed by atoms with Gasteiger partial charge in [-0.05, 0) is 37.0 Å². The lowest BCUT2D eigenvalue weighted by molar-refractivity contribution is -0.139. The summed E-state index contributed by atoms with van der Waals surface area (Å²) in [4.78, 5) is 28.2. The minimum atomic E-state index is -3.94. The maximum atomic E-state index is 13.7. The summed E-state index contributed by atoms with van der Waals surface area (Å²) < 4.78 is 28.4. The second-order valence-electron chi connectivity index (χ2n) is 8.52. The van der Waals surface area contributed by atoms with Crippen LogP contribution in [0.4, 0.5) is 5.69 Å². The molecule has 0 aliphatic heterocycles. The Morgan fingerprint density at radius 2 is 1.54 bits per heavy atom. The second kappa shape index (κ2) is 13.8. The number of hydrogen-bond donors (Lipinski definition) is 1. The Hall–Kier alpha value is -2.91. The van der Waals surface area contributed by atoms with Crippen molar-refractivity contribution in [3.8, 4) is 0 Å². The lowest BCUT2D eigenvalue weighted by Crippen LogP contribution is -2.54. The first-order chi connectivity index (χ1) is 16.7. The van der Waals surface area contributed by atoms with Gasteiger partial charge in [-0.1, -0.05) is 68.8 Å². The average molecular weight is 503 g/mol. The van der Waals surface area contributed by atoms with E-state index in [0.717, 1.165) is 27.0 Å². The lowest BCUT2D eigenvalue weighted by atomic mass is 10.1. The first-order valence-corrected chi connectivity index (χ1v) is 13.5. The van der Waals surface area contributed by atoms with E-state index in [1.807, 2.05) is 44.2 Å².